The summed E-state index contributed by atoms with van der Waals surface area (Å²) in [6.45, 7) is 5.59. The average molecular weight is 262 g/mol. The summed E-state index contributed by atoms with van der Waals surface area (Å²) in [4.78, 5) is 11.8. The number of benzene rings is 1. The maximum atomic E-state index is 11.8. The summed E-state index contributed by atoms with van der Waals surface area (Å²) >= 11 is 0. The first-order valence-electron chi connectivity index (χ1n) is 6.42. The smallest absolute Gasteiger partial charge is 0.338 e. The van der Waals surface area contributed by atoms with Crippen LogP contribution in [0.3, 0.4) is 0 Å². The van der Waals surface area contributed by atoms with Gasteiger partial charge in [-0.05, 0) is 57.4 Å². The van der Waals surface area contributed by atoms with Crippen LogP contribution in [0.4, 0.5) is 0 Å². The predicted molar refractivity (Wildman–Crippen MR) is 76.1 cm³/mol. The first-order chi connectivity index (χ1) is 8.92. The minimum atomic E-state index is -0.458. The molecule has 0 aromatic heterocycles. The fourth-order valence-corrected chi connectivity index (χ4v) is 1.56. The van der Waals surface area contributed by atoms with E-state index in [0.717, 1.165) is 12.8 Å². The fraction of sp³-hybridized carbons (Fsp3) is 0.438. The number of ether oxygens (including phenoxy) is 2. The Hall–Kier alpha value is -1.77. The number of methoxy groups -OCH3 is 1. The zero-order valence-electron chi connectivity index (χ0n) is 12.1. The fourth-order valence-electron chi connectivity index (χ4n) is 1.56. The van der Waals surface area contributed by atoms with Gasteiger partial charge in [0, 0.05) is 0 Å². The van der Waals surface area contributed by atoms with Crippen LogP contribution in [-0.4, -0.2) is 18.7 Å². The lowest BCUT2D eigenvalue weighted by atomic mass is 10.1. The van der Waals surface area contributed by atoms with Crippen molar-refractivity contribution >= 4 is 5.97 Å². The number of aryl methyl sites for hydroxylation is 1. The number of hydrogen-bond acceptors (Lipinski definition) is 3. The van der Waals surface area contributed by atoms with Crippen molar-refractivity contribution in [1.82, 2.24) is 0 Å². The molecule has 0 N–H and O–H groups in total. The highest BCUT2D eigenvalue weighted by molar-refractivity contribution is 5.89. The molecule has 0 saturated heterocycles. The highest BCUT2D eigenvalue weighted by Crippen LogP contribution is 2.13. The van der Waals surface area contributed by atoms with Gasteiger partial charge in [-0.3, -0.25) is 0 Å². The second kappa shape index (κ2) is 6.98. The summed E-state index contributed by atoms with van der Waals surface area (Å²) in [6, 6.07) is 7.53. The number of hydrogen-bond donors (Lipinski definition) is 0. The van der Waals surface area contributed by atoms with Gasteiger partial charge >= 0.3 is 5.97 Å². The van der Waals surface area contributed by atoms with Crippen molar-refractivity contribution in [3.05, 3.63) is 47.7 Å². The maximum absolute atomic E-state index is 11.8. The Labute approximate surface area is 115 Å². The number of allylic oxidation sites excluding steroid dienone is 1. The molecule has 1 rings (SSSR count). The van der Waals surface area contributed by atoms with E-state index >= 15 is 0 Å². The summed E-state index contributed by atoms with van der Waals surface area (Å²) in [7, 11) is 1.63. The van der Waals surface area contributed by atoms with Crippen molar-refractivity contribution in [3.8, 4) is 0 Å². The Morgan fingerprint density at radius 3 is 2.37 bits per heavy atom. The Balaban J connectivity index is 2.56. The summed E-state index contributed by atoms with van der Waals surface area (Å²) in [5, 5.41) is 0. The van der Waals surface area contributed by atoms with Crippen molar-refractivity contribution in [2.24, 2.45) is 0 Å². The van der Waals surface area contributed by atoms with Crippen molar-refractivity contribution in [2.75, 3.05) is 7.11 Å². The SMILES string of the molecule is CO/C=C/CCc1ccc(C(=O)OC(C)(C)C)cc1. The zero-order valence-corrected chi connectivity index (χ0v) is 12.1. The van der Waals surface area contributed by atoms with E-state index in [4.69, 9.17) is 9.47 Å². The molecule has 0 heterocycles. The quantitative estimate of drug-likeness (QED) is 0.599. The minimum absolute atomic E-state index is 0.279. The van der Waals surface area contributed by atoms with E-state index in [-0.39, 0.29) is 5.97 Å². The van der Waals surface area contributed by atoms with Crippen LogP contribution >= 0.6 is 0 Å². The normalized spacial score (nSPS) is 11.6. The Morgan fingerprint density at radius 2 is 1.84 bits per heavy atom. The van der Waals surface area contributed by atoms with Crippen molar-refractivity contribution in [2.45, 2.75) is 39.2 Å². The lowest BCUT2D eigenvalue weighted by Crippen LogP contribution is -2.23. The van der Waals surface area contributed by atoms with Gasteiger partial charge in [0.1, 0.15) is 5.60 Å². The van der Waals surface area contributed by atoms with Crippen molar-refractivity contribution in [1.29, 1.82) is 0 Å². The monoisotopic (exact) mass is 262 g/mol. The number of rotatable bonds is 5. The van der Waals surface area contributed by atoms with Crippen LogP contribution in [0.5, 0.6) is 0 Å². The molecule has 3 heteroatoms. The van der Waals surface area contributed by atoms with Crippen LogP contribution in [0.15, 0.2) is 36.6 Å². The molecule has 0 aliphatic carbocycles. The van der Waals surface area contributed by atoms with Gasteiger partial charge in [-0.15, -0.1) is 0 Å². The molecule has 0 fully saturated rings. The summed E-state index contributed by atoms with van der Waals surface area (Å²) in [5.41, 5.74) is 1.32. The Kier molecular flexibility index (Phi) is 5.61. The highest BCUT2D eigenvalue weighted by Gasteiger charge is 2.17. The molecular formula is C16H22O3. The molecule has 0 saturated carbocycles. The molecule has 0 aliphatic rings. The molecule has 0 unspecified atom stereocenters. The third-order valence-electron chi connectivity index (χ3n) is 2.42. The molecule has 0 spiro atoms. The third kappa shape index (κ3) is 6.09. The van der Waals surface area contributed by atoms with Crippen LogP contribution < -0.4 is 0 Å². The van der Waals surface area contributed by atoms with Crippen LogP contribution in [0.1, 0.15) is 43.1 Å². The second-order valence-corrected chi connectivity index (χ2v) is 5.34. The summed E-state index contributed by atoms with van der Waals surface area (Å²) < 4.78 is 10.1. The van der Waals surface area contributed by atoms with Gasteiger partial charge in [-0.1, -0.05) is 12.1 Å². The predicted octanol–water partition coefficient (Wildman–Crippen LogP) is 3.73. The van der Waals surface area contributed by atoms with E-state index < -0.39 is 5.60 Å². The van der Waals surface area contributed by atoms with Gasteiger partial charge in [0.2, 0.25) is 0 Å². The van der Waals surface area contributed by atoms with Crippen LogP contribution in [0.2, 0.25) is 0 Å². The molecular weight excluding hydrogens is 240 g/mol. The molecule has 19 heavy (non-hydrogen) atoms. The van der Waals surface area contributed by atoms with Crippen LogP contribution in [0.25, 0.3) is 0 Å². The number of carbonyl (C=O) groups excluding carboxylic acids is 1. The number of esters is 1. The van der Waals surface area contributed by atoms with E-state index in [2.05, 4.69) is 0 Å². The standard InChI is InChI=1S/C16H22O3/c1-16(2,3)19-15(17)14-10-8-13(9-11-14)7-5-6-12-18-4/h6,8-12H,5,7H2,1-4H3/b12-6+. The van der Waals surface area contributed by atoms with E-state index in [1.54, 1.807) is 13.4 Å². The van der Waals surface area contributed by atoms with Gasteiger partial charge < -0.3 is 9.47 Å². The molecule has 3 nitrogen and oxygen atoms in total. The first kappa shape index (κ1) is 15.3. The lowest BCUT2D eigenvalue weighted by Gasteiger charge is -2.19. The van der Waals surface area contributed by atoms with E-state index in [1.165, 1.54) is 5.56 Å². The van der Waals surface area contributed by atoms with Gasteiger partial charge in [-0.25, -0.2) is 4.79 Å². The zero-order chi connectivity index (χ0) is 14.3. The molecule has 0 radical (unpaired) electrons. The lowest BCUT2D eigenvalue weighted by molar-refractivity contribution is 0.00695. The highest BCUT2D eigenvalue weighted by atomic mass is 16.6. The molecule has 1 aromatic carbocycles. The average Bonchev–Trinajstić information content (AvgIpc) is 2.33. The van der Waals surface area contributed by atoms with E-state index in [9.17, 15) is 4.79 Å². The van der Waals surface area contributed by atoms with E-state index in [0.29, 0.717) is 5.56 Å². The minimum Gasteiger partial charge on any atom is -0.505 e. The topological polar surface area (TPSA) is 35.5 Å². The molecule has 0 bridgehead atoms. The molecule has 0 amide bonds. The van der Waals surface area contributed by atoms with Gasteiger partial charge in [-0.2, -0.15) is 0 Å². The Morgan fingerprint density at radius 1 is 1.21 bits per heavy atom. The molecule has 0 atom stereocenters. The summed E-state index contributed by atoms with van der Waals surface area (Å²) in [6.07, 6.45) is 5.49. The number of carbonyl (C=O) groups is 1. The van der Waals surface area contributed by atoms with Gasteiger partial charge in [0.05, 0.1) is 18.9 Å². The molecule has 0 aliphatic heterocycles. The van der Waals surface area contributed by atoms with Crippen LogP contribution in [-0.2, 0) is 15.9 Å². The second-order valence-electron chi connectivity index (χ2n) is 5.34. The van der Waals surface area contributed by atoms with Gasteiger partial charge in [0.15, 0.2) is 0 Å². The molecule has 1 aromatic rings. The largest absolute Gasteiger partial charge is 0.505 e. The molecule has 104 valence electrons. The van der Waals surface area contributed by atoms with E-state index in [1.807, 2.05) is 51.1 Å². The summed E-state index contributed by atoms with van der Waals surface area (Å²) in [5.74, 6) is -0.279. The first-order valence-corrected chi connectivity index (χ1v) is 6.42. The van der Waals surface area contributed by atoms with Crippen molar-refractivity contribution < 1.29 is 14.3 Å². The maximum Gasteiger partial charge on any atom is 0.338 e. The van der Waals surface area contributed by atoms with Crippen LogP contribution in [0, 0.1) is 0 Å². The Bertz CT molecular complexity index is 424. The van der Waals surface area contributed by atoms with Crippen molar-refractivity contribution in [3.63, 3.8) is 0 Å². The van der Waals surface area contributed by atoms with Gasteiger partial charge in [0.25, 0.3) is 0 Å². The third-order valence-corrected chi connectivity index (χ3v) is 2.42.